The van der Waals surface area contributed by atoms with Crippen molar-refractivity contribution in [1.82, 2.24) is 4.90 Å². The van der Waals surface area contributed by atoms with E-state index in [2.05, 4.69) is 38.1 Å². The third kappa shape index (κ3) is 2.91. The summed E-state index contributed by atoms with van der Waals surface area (Å²) in [5, 5.41) is 0. The van der Waals surface area contributed by atoms with Gasteiger partial charge in [-0.2, -0.15) is 0 Å². The van der Waals surface area contributed by atoms with E-state index in [0.29, 0.717) is 18.9 Å². The molecule has 0 radical (unpaired) electrons. The molecule has 1 saturated heterocycles. The van der Waals surface area contributed by atoms with Gasteiger partial charge in [0.25, 0.3) is 0 Å². The van der Waals surface area contributed by atoms with Crippen molar-refractivity contribution in [3.05, 3.63) is 35.4 Å². The summed E-state index contributed by atoms with van der Waals surface area (Å²) in [4.78, 5) is 13.4. The maximum absolute atomic E-state index is 11.6. The Balaban J connectivity index is 2.00. The molecule has 1 atom stereocenters. The third-order valence-corrected chi connectivity index (χ3v) is 3.62. The molecular formula is C15H22N2O. The number of rotatable bonds is 4. The van der Waals surface area contributed by atoms with Crippen molar-refractivity contribution >= 4 is 5.91 Å². The van der Waals surface area contributed by atoms with Gasteiger partial charge in [-0.25, -0.2) is 0 Å². The van der Waals surface area contributed by atoms with E-state index in [1.807, 2.05) is 4.90 Å². The van der Waals surface area contributed by atoms with Crippen LogP contribution in [-0.2, 0) is 4.79 Å². The topological polar surface area (TPSA) is 46.3 Å². The summed E-state index contributed by atoms with van der Waals surface area (Å²) in [6.45, 7) is 5.85. The smallest absolute Gasteiger partial charge is 0.222 e. The highest BCUT2D eigenvalue weighted by molar-refractivity contribution is 5.78. The average Bonchev–Trinajstić information content (AvgIpc) is 2.75. The van der Waals surface area contributed by atoms with Crippen LogP contribution in [0, 0.1) is 0 Å². The van der Waals surface area contributed by atoms with Crippen LogP contribution < -0.4 is 5.73 Å². The third-order valence-electron chi connectivity index (χ3n) is 3.62. The maximum Gasteiger partial charge on any atom is 0.222 e. The Morgan fingerprint density at radius 1 is 1.22 bits per heavy atom. The Labute approximate surface area is 109 Å². The van der Waals surface area contributed by atoms with E-state index in [9.17, 15) is 4.79 Å². The Hall–Kier alpha value is -1.35. The van der Waals surface area contributed by atoms with Gasteiger partial charge in [0.1, 0.15) is 0 Å². The van der Waals surface area contributed by atoms with Gasteiger partial charge in [0.15, 0.2) is 0 Å². The average molecular weight is 246 g/mol. The molecule has 1 aromatic carbocycles. The minimum Gasteiger partial charge on any atom is -0.341 e. The lowest BCUT2D eigenvalue weighted by Crippen LogP contribution is -2.33. The van der Waals surface area contributed by atoms with Crippen molar-refractivity contribution in [2.75, 3.05) is 13.1 Å². The summed E-state index contributed by atoms with van der Waals surface area (Å²) in [5.74, 6) is 0.777. The van der Waals surface area contributed by atoms with Gasteiger partial charge < -0.3 is 10.6 Å². The molecule has 1 unspecified atom stereocenters. The van der Waals surface area contributed by atoms with Crippen molar-refractivity contribution in [2.45, 2.75) is 38.6 Å². The highest BCUT2D eigenvalue weighted by Gasteiger charge is 2.22. The van der Waals surface area contributed by atoms with E-state index >= 15 is 0 Å². The van der Waals surface area contributed by atoms with Crippen LogP contribution in [0.4, 0.5) is 0 Å². The van der Waals surface area contributed by atoms with E-state index in [4.69, 9.17) is 5.73 Å². The Morgan fingerprint density at radius 3 is 2.33 bits per heavy atom. The SMILES string of the molecule is CC(C)c1ccc(C(N)CN2CCCC2=O)cc1. The lowest BCUT2D eigenvalue weighted by Gasteiger charge is -2.21. The second-order valence-corrected chi connectivity index (χ2v) is 5.37. The minimum absolute atomic E-state index is 0.0757. The first-order chi connectivity index (χ1) is 8.58. The van der Waals surface area contributed by atoms with E-state index in [0.717, 1.165) is 18.5 Å². The highest BCUT2D eigenvalue weighted by atomic mass is 16.2. The predicted molar refractivity (Wildman–Crippen MR) is 73.3 cm³/mol. The van der Waals surface area contributed by atoms with Gasteiger partial charge >= 0.3 is 0 Å². The number of hydrogen-bond donors (Lipinski definition) is 1. The zero-order valence-corrected chi connectivity index (χ0v) is 11.2. The van der Waals surface area contributed by atoms with Crippen LogP contribution in [0.15, 0.2) is 24.3 Å². The Kier molecular flexibility index (Phi) is 4.02. The van der Waals surface area contributed by atoms with Crippen LogP contribution >= 0.6 is 0 Å². The predicted octanol–water partition coefficient (Wildman–Crippen LogP) is 2.43. The fourth-order valence-corrected chi connectivity index (χ4v) is 2.37. The zero-order valence-electron chi connectivity index (χ0n) is 11.2. The number of benzene rings is 1. The molecule has 98 valence electrons. The number of likely N-dealkylation sites (tertiary alicyclic amines) is 1. The van der Waals surface area contributed by atoms with E-state index in [-0.39, 0.29) is 11.9 Å². The molecule has 0 bridgehead atoms. The summed E-state index contributed by atoms with van der Waals surface area (Å²) in [6.07, 6.45) is 1.65. The highest BCUT2D eigenvalue weighted by Crippen LogP contribution is 2.20. The van der Waals surface area contributed by atoms with Crippen molar-refractivity contribution in [2.24, 2.45) is 5.73 Å². The molecule has 1 aromatic rings. The lowest BCUT2D eigenvalue weighted by molar-refractivity contribution is -0.127. The van der Waals surface area contributed by atoms with Gasteiger partial charge in [0, 0.05) is 25.6 Å². The molecule has 1 aliphatic heterocycles. The fraction of sp³-hybridized carbons (Fsp3) is 0.533. The van der Waals surface area contributed by atoms with Crippen molar-refractivity contribution in [3.8, 4) is 0 Å². The molecule has 2 rings (SSSR count). The lowest BCUT2D eigenvalue weighted by atomic mass is 9.99. The second-order valence-electron chi connectivity index (χ2n) is 5.37. The molecule has 3 heteroatoms. The number of amides is 1. The van der Waals surface area contributed by atoms with Crippen LogP contribution in [0.2, 0.25) is 0 Å². The molecular weight excluding hydrogens is 224 g/mol. The molecule has 0 saturated carbocycles. The number of carbonyl (C=O) groups excluding carboxylic acids is 1. The number of nitrogens with two attached hydrogens (primary N) is 1. The molecule has 2 N–H and O–H groups in total. The van der Waals surface area contributed by atoms with Crippen LogP contribution in [0.1, 0.15) is 49.8 Å². The summed E-state index contributed by atoms with van der Waals surface area (Å²) >= 11 is 0. The van der Waals surface area contributed by atoms with Gasteiger partial charge in [-0.1, -0.05) is 38.1 Å². The molecule has 1 aliphatic rings. The quantitative estimate of drug-likeness (QED) is 0.887. The normalized spacial score (nSPS) is 17.6. The number of carbonyl (C=O) groups is 1. The van der Waals surface area contributed by atoms with E-state index < -0.39 is 0 Å². The fourth-order valence-electron chi connectivity index (χ4n) is 2.37. The molecule has 0 spiro atoms. The largest absolute Gasteiger partial charge is 0.341 e. The number of nitrogens with zero attached hydrogens (tertiary/aromatic N) is 1. The van der Waals surface area contributed by atoms with Gasteiger partial charge in [0.05, 0.1) is 0 Å². The first-order valence-corrected chi connectivity index (χ1v) is 6.71. The molecule has 0 aromatic heterocycles. The zero-order chi connectivity index (χ0) is 13.1. The van der Waals surface area contributed by atoms with Crippen LogP contribution in [0.5, 0.6) is 0 Å². The molecule has 0 aliphatic carbocycles. The number of hydrogen-bond acceptors (Lipinski definition) is 2. The minimum atomic E-state index is -0.0757. The Bertz CT molecular complexity index is 411. The monoisotopic (exact) mass is 246 g/mol. The van der Waals surface area contributed by atoms with E-state index in [1.165, 1.54) is 5.56 Å². The van der Waals surface area contributed by atoms with Crippen LogP contribution in [0.25, 0.3) is 0 Å². The molecule has 18 heavy (non-hydrogen) atoms. The van der Waals surface area contributed by atoms with Crippen molar-refractivity contribution in [3.63, 3.8) is 0 Å². The summed E-state index contributed by atoms with van der Waals surface area (Å²) in [6, 6.07) is 8.35. The molecule has 3 nitrogen and oxygen atoms in total. The molecule has 1 amide bonds. The summed E-state index contributed by atoms with van der Waals surface area (Å²) < 4.78 is 0. The van der Waals surface area contributed by atoms with Crippen LogP contribution in [0.3, 0.4) is 0 Å². The van der Waals surface area contributed by atoms with Crippen LogP contribution in [-0.4, -0.2) is 23.9 Å². The van der Waals surface area contributed by atoms with Gasteiger partial charge in [-0.15, -0.1) is 0 Å². The van der Waals surface area contributed by atoms with Crippen molar-refractivity contribution < 1.29 is 4.79 Å². The standard InChI is InChI=1S/C15H22N2O/c1-11(2)12-5-7-13(8-6-12)14(16)10-17-9-3-4-15(17)18/h5-8,11,14H,3-4,9-10,16H2,1-2H3. The first-order valence-electron chi connectivity index (χ1n) is 6.71. The first kappa shape index (κ1) is 13.1. The summed E-state index contributed by atoms with van der Waals surface area (Å²) in [5.41, 5.74) is 8.60. The van der Waals surface area contributed by atoms with Gasteiger partial charge in [-0.3, -0.25) is 4.79 Å². The van der Waals surface area contributed by atoms with Gasteiger partial charge in [-0.05, 0) is 23.5 Å². The Morgan fingerprint density at radius 2 is 1.83 bits per heavy atom. The molecule has 1 fully saturated rings. The van der Waals surface area contributed by atoms with Gasteiger partial charge in [0.2, 0.25) is 5.91 Å². The maximum atomic E-state index is 11.6. The van der Waals surface area contributed by atoms with E-state index in [1.54, 1.807) is 0 Å². The second kappa shape index (κ2) is 5.53. The molecule has 1 heterocycles. The van der Waals surface area contributed by atoms with Crippen molar-refractivity contribution in [1.29, 1.82) is 0 Å². The summed E-state index contributed by atoms with van der Waals surface area (Å²) in [7, 11) is 0.